The Hall–Kier alpha value is -2.45. The van der Waals surface area contributed by atoms with Crippen molar-refractivity contribution >= 4 is 60.4 Å². The summed E-state index contributed by atoms with van der Waals surface area (Å²) in [6.45, 7) is 0. The first kappa shape index (κ1) is 17.4. The number of halogens is 2. The number of nitrogens with one attached hydrogen (secondary N) is 1. The molecule has 1 heterocycles. The highest BCUT2D eigenvalue weighted by Gasteiger charge is 2.17. The summed E-state index contributed by atoms with van der Waals surface area (Å²) in [5.41, 5.74) is -0.932. The van der Waals surface area contributed by atoms with Crippen LogP contribution >= 0.6 is 31.9 Å². The van der Waals surface area contributed by atoms with Crippen LogP contribution in [-0.2, 0) is 0 Å². The lowest BCUT2D eigenvalue weighted by Crippen LogP contribution is -2.26. The summed E-state index contributed by atoms with van der Waals surface area (Å²) in [5.74, 6) is -2.21. The van der Waals surface area contributed by atoms with Crippen LogP contribution in [0.1, 0.15) is 20.7 Å². The molecule has 0 bridgehead atoms. The minimum Gasteiger partial charge on any atom is -0.545 e. The van der Waals surface area contributed by atoms with E-state index in [2.05, 4.69) is 37.2 Å². The van der Waals surface area contributed by atoms with Gasteiger partial charge in [-0.15, -0.1) is 0 Å². The smallest absolute Gasteiger partial charge is 0.349 e. The molecule has 0 aliphatic heterocycles. The number of para-hydroxylation sites is 1. The molecule has 0 aliphatic carbocycles. The van der Waals surface area contributed by atoms with E-state index in [4.69, 9.17) is 4.42 Å². The summed E-state index contributed by atoms with van der Waals surface area (Å²) in [7, 11) is 0. The van der Waals surface area contributed by atoms with Gasteiger partial charge in [-0.05, 0) is 40.2 Å². The molecule has 0 fully saturated rings. The molecule has 8 heteroatoms. The van der Waals surface area contributed by atoms with E-state index in [-0.39, 0.29) is 16.8 Å². The third-order valence-corrected chi connectivity index (χ3v) is 4.44. The Morgan fingerprint density at radius 2 is 1.76 bits per heavy atom. The van der Waals surface area contributed by atoms with Crippen LogP contribution in [0, 0.1) is 0 Å². The van der Waals surface area contributed by atoms with Crippen LogP contribution in [0.2, 0.25) is 0 Å². The molecule has 0 aliphatic rings. The molecule has 0 unspecified atom stereocenters. The molecular formula is C17H8Br2NO5-. The first-order valence-electron chi connectivity index (χ1n) is 6.91. The zero-order valence-electron chi connectivity index (χ0n) is 12.3. The van der Waals surface area contributed by atoms with Crippen LogP contribution in [0.25, 0.3) is 11.0 Å². The fourth-order valence-electron chi connectivity index (χ4n) is 2.28. The number of aromatic carboxylic acids is 1. The number of fused-ring (bicyclic) bond motifs is 1. The molecular weight excluding hydrogens is 458 g/mol. The number of hydrogen-bond acceptors (Lipinski definition) is 5. The second kappa shape index (κ2) is 6.81. The van der Waals surface area contributed by atoms with Crippen molar-refractivity contribution in [3.8, 4) is 0 Å². The molecule has 1 aromatic heterocycles. The lowest BCUT2D eigenvalue weighted by molar-refractivity contribution is -0.254. The summed E-state index contributed by atoms with van der Waals surface area (Å²) < 4.78 is 6.49. The number of hydrogen-bond donors (Lipinski definition) is 1. The Morgan fingerprint density at radius 1 is 1.04 bits per heavy atom. The largest absolute Gasteiger partial charge is 0.545 e. The highest BCUT2D eigenvalue weighted by molar-refractivity contribution is 9.11. The van der Waals surface area contributed by atoms with E-state index in [1.165, 1.54) is 24.3 Å². The summed E-state index contributed by atoms with van der Waals surface area (Å²) >= 11 is 6.61. The van der Waals surface area contributed by atoms with Crippen molar-refractivity contribution < 1.29 is 19.1 Å². The van der Waals surface area contributed by atoms with Crippen molar-refractivity contribution in [1.29, 1.82) is 0 Å². The van der Waals surface area contributed by atoms with Crippen LogP contribution in [0.5, 0.6) is 0 Å². The number of carbonyl (C=O) groups excluding carboxylic acids is 2. The third-order valence-electron chi connectivity index (χ3n) is 3.39. The molecule has 0 radical (unpaired) electrons. The minimum absolute atomic E-state index is 0.0300. The fraction of sp³-hybridized carbons (Fsp3) is 0. The van der Waals surface area contributed by atoms with Crippen molar-refractivity contribution in [3.63, 3.8) is 0 Å². The maximum absolute atomic E-state index is 12.4. The molecule has 2 aromatic carbocycles. The van der Waals surface area contributed by atoms with Gasteiger partial charge >= 0.3 is 5.63 Å². The highest BCUT2D eigenvalue weighted by atomic mass is 79.9. The number of anilines is 1. The first-order chi connectivity index (χ1) is 11.9. The van der Waals surface area contributed by atoms with Crippen molar-refractivity contribution in [3.05, 3.63) is 73.0 Å². The Labute approximate surface area is 157 Å². The van der Waals surface area contributed by atoms with Gasteiger partial charge in [0.05, 0.1) is 16.1 Å². The van der Waals surface area contributed by atoms with Gasteiger partial charge in [0, 0.05) is 15.4 Å². The summed E-state index contributed by atoms with van der Waals surface area (Å²) in [5, 5.41) is 14.0. The summed E-state index contributed by atoms with van der Waals surface area (Å²) in [6, 6.07) is 10.5. The van der Waals surface area contributed by atoms with E-state index in [9.17, 15) is 19.5 Å². The van der Waals surface area contributed by atoms with E-state index in [0.717, 1.165) is 4.47 Å². The van der Waals surface area contributed by atoms with Crippen LogP contribution in [0.15, 0.2) is 60.6 Å². The van der Waals surface area contributed by atoms with Gasteiger partial charge in [-0.2, -0.15) is 0 Å². The average Bonchev–Trinajstić information content (AvgIpc) is 2.55. The molecule has 0 atom stereocenters. The van der Waals surface area contributed by atoms with Crippen molar-refractivity contribution in [2.24, 2.45) is 0 Å². The highest BCUT2D eigenvalue weighted by Crippen LogP contribution is 2.28. The monoisotopic (exact) mass is 464 g/mol. The zero-order valence-corrected chi connectivity index (χ0v) is 15.5. The quantitative estimate of drug-likeness (QED) is 0.599. The molecule has 126 valence electrons. The van der Waals surface area contributed by atoms with Gasteiger partial charge in [0.2, 0.25) is 0 Å². The molecule has 0 spiro atoms. The minimum atomic E-state index is -1.44. The van der Waals surface area contributed by atoms with Gasteiger partial charge in [-0.1, -0.05) is 34.1 Å². The first-order valence-corrected chi connectivity index (χ1v) is 8.50. The topological polar surface area (TPSA) is 99.4 Å². The third kappa shape index (κ3) is 3.49. The van der Waals surface area contributed by atoms with Gasteiger partial charge in [-0.3, -0.25) is 4.79 Å². The Morgan fingerprint density at radius 3 is 2.48 bits per heavy atom. The lowest BCUT2D eigenvalue weighted by atomic mass is 10.1. The van der Waals surface area contributed by atoms with Gasteiger partial charge in [0.15, 0.2) is 5.58 Å². The van der Waals surface area contributed by atoms with E-state index < -0.39 is 17.5 Å². The van der Waals surface area contributed by atoms with Crippen LogP contribution in [0.3, 0.4) is 0 Å². The van der Waals surface area contributed by atoms with E-state index in [1.54, 1.807) is 18.2 Å². The number of benzene rings is 2. The van der Waals surface area contributed by atoms with Crippen molar-refractivity contribution in [2.75, 3.05) is 5.32 Å². The van der Waals surface area contributed by atoms with E-state index >= 15 is 0 Å². The SMILES string of the molecule is O=C([O-])c1ccccc1NC(=O)c1cc2cc(Br)cc(Br)c2oc1=O. The summed E-state index contributed by atoms with van der Waals surface area (Å²) in [4.78, 5) is 35.7. The molecule has 1 N–H and O–H groups in total. The van der Waals surface area contributed by atoms with Crippen molar-refractivity contribution in [2.45, 2.75) is 0 Å². The standard InChI is InChI=1S/C17H9Br2NO5/c18-9-5-8-6-11(17(24)25-14(8)12(19)7-9)15(21)20-13-4-2-1-3-10(13)16(22)23/h1-7H,(H,20,21)(H,22,23)/p-1. The second-order valence-electron chi connectivity index (χ2n) is 5.04. The number of rotatable bonds is 3. The molecule has 0 saturated carbocycles. The van der Waals surface area contributed by atoms with Crippen LogP contribution in [-0.4, -0.2) is 11.9 Å². The molecule has 3 aromatic rings. The Balaban J connectivity index is 2.05. The molecule has 1 amide bonds. The number of carbonyl (C=O) groups is 2. The zero-order chi connectivity index (χ0) is 18.1. The van der Waals surface area contributed by atoms with Gasteiger partial charge in [-0.25, -0.2) is 4.79 Å². The van der Waals surface area contributed by atoms with Gasteiger partial charge in [0.25, 0.3) is 5.91 Å². The van der Waals surface area contributed by atoms with E-state index in [1.807, 2.05) is 0 Å². The van der Waals surface area contributed by atoms with E-state index in [0.29, 0.717) is 15.4 Å². The molecule has 6 nitrogen and oxygen atoms in total. The normalized spacial score (nSPS) is 10.6. The Bertz CT molecular complexity index is 1070. The van der Waals surface area contributed by atoms with Gasteiger partial charge < -0.3 is 19.6 Å². The number of amides is 1. The maximum Gasteiger partial charge on any atom is 0.349 e. The lowest BCUT2D eigenvalue weighted by Gasteiger charge is -2.11. The van der Waals surface area contributed by atoms with Crippen LogP contribution in [0.4, 0.5) is 5.69 Å². The molecule has 0 saturated heterocycles. The number of carboxylic acids is 1. The maximum atomic E-state index is 12.4. The van der Waals surface area contributed by atoms with Crippen LogP contribution < -0.4 is 16.0 Å². The second-order valence-corrected chi connectivity index (χ2v) is 6.81. The molecule has 3 rings (SSSR count). The predicted octanol–water partition coefficient (Wildman–Crippen LogP) is 2.93. The predicted molar refractivity (Wildman–Crippen MR) is 96.6 cm³/mol. The average molecular weight is 466 g/mol. The molecule has 25 heavy (non-hydrogen) atoms. The number of carboxylic acid groups (broad SMARTS) is 1. The Kier molecular flexibility index (Phi) is 4.73. The summed E-state index contributed by atoms with van der Waals surface area (Å²) in [6.07, 6.45) is 0. The van der Waals surface area contributed by atoms with Crippen molar-refractivity contribution in [1.82, 2.24) is 0 Å². The fourth-order valence-corrected chi connectivity index (χ4v) is 3.61. The van der Waals surface area contributed by atoms with Gasteiger partial charge in [0.1, 0.15) is 5.56 Å².